The maximum absolute atomic E-state index is 15.2. The van der Waals surface area contributed by atoms with Crippen LogP contribution in [-0.4, -0.2) is 43.9 Å². The number of nitrogen functional groups attached to an aromatic ring is 1. The Labute approximate surface area is 230 Å². The molecule has 0 bridgehead atoms. The van der Waals surface area contributed by atoms with Crippen molar-refractivity contribution in [3.8, 4) is 5.75 Å². The lowest BCUT2D eigenvalue weighted by Crippen LogP contribution is -2.26. The Morgan fingerprint density at radius 2 is 1.87 bits per heavy atom. The standard InChI is InChI=1S/C33H39F2N3O/c1-3-37-33-22(2)18-25(20-31(33)35)29-7-4-6-24-19-26(36)10-13-30(24)32(29)23-8-11-27(12-9-23)39-28-14-17-38(21-28)16-5-15-34/h8-13,18-20,28,37H,3-7,14-17,21,36H2,1-2H3. The average Bonchev–Trinajstić information content (AvgIpc) is 3.28. The van der Waals surface area contributed by atoms with E-state index in [1.165, 1.54) is 5.56 Å². The van der Waals surface area contributed by atoms with Gasteiger partial charge < -0.3 is 15.8 Å². The van der Waals surface area contributed by atoms with Crippen LogP contribution in [0.4, 0.5) is 20.2 Å². The molecule has 3 N–H and O–H groups in total. The summed E-state index contributed by atoms with van der Waals surface area (Å²) in [5.41, 5.74) is 15.1. The Balaban J connectivity index is 1.51. The van der Waals surface area contributed by atoms with E-state index in [2.05, 4.69) is 40.5 Å². The Hall–Kier alpha value is -3.38. The SMILES string of the molecule is CCNc1c(C)cc(C2=C(c3ccc(OC4CCN(CCCF)C4)cc3)c3ccc(N)cc3CCC2)cc1F. The Morgan fingerprint density at radius 3 is 2.62 bits per heavy atom. The van der Waals surface area contributed by atoms with Crippen LogP contribution in [0.25, 0.3) is 11.1 Å². The molecule has 0 saturated carbocycles. The molecule has 206 valence electrons. The third kappa shape index (κ3) is 6.11. The van der Waals surface area contributed by atoms with Crippen LogP contribution < -0.4 is 15.8 Å². The van der Waals surface area contributed by atoms with Crippen LogP contribution >= 0.6 is 0 Å². The summed E-state index contributed by atoms with van der Waals surface area (Å²) in [6, 6.07) is 18.2. The summed E-state index contributed by atoms with van der Waals surface area (Å²) in [4.78, 5) is 2.27. The van der Waals surface area contributed by atoms with Crippen molar-refractivity contribution in [3.05, 3.63) is 88.2 Å². The van der Waals surface area contributed by atoms with Crippen molar-refractivity contribution in [1.29, 1.82) is 0 Å². The Bertz CT molecular complexity index is 1310. The highest BCUT2D eigenvalue weighted by Gasteiger charge is 2.25. The number of anilines is 2. The maximum Gasteiger partial charge on any atom is 0.147 e. The molecule has 1 unspecified atom stereocenters. The van der Waals surface area contributed by atoms with Gasteiger partial charge in [0.1, 0.15) is 17.7 Å². The third-order valence-corrected chi connectivity index (χ3v) is 7.85. The molecule has 4 nitrogen and oxygen atoms in total. The van der Waals surface area contributed by atoms with Gasteiger partial charge in [-0.25, -0.2) is 4.39 Å². The lowest BCUT2D eigenvalue weighted by atomic mass is 9.87. The van der Waals surface area contributed by atoms with Crippen molar-refractivity contribution in [1.82, 2.24) is 4.90 Å². The van der Waals surface area contributed by atoms with Crippen LogP contribution in [0.15, 0.2) is 54.6 Å². The zero-order valence-electron chi connectivity index (χ0n) is 23.0. The van der Waals surface area contributed by atoms with Crippen molar-refractivity contribution in [2.75, 3.05) is 43.9 Å². The molecule has 3 aromatic carbocycles. The minimum atomic E-state index is -0.275. The molecule has 0 spiro atoms. The second-order valence-electron chi connectivity index (χ2n) is 10.7. The highest BCUT2D eigenvalue weighted by molar-refractivity contribution is 6.00. The number of benzene rings is 3. The molecule has 1 aliphatic carbocycles. The lowest BCUT2D eigenvalue weighted by Gasteiger charge is -2.19. The van der Waals surface area contributed by atoms with E-state index in [1.807, 2.05) is 32.0 Å². The molecule has 1 fully saturated rings. The van der Waals surface area contributed by atoms with Gasteiger partial charge in [0.25, 0.3) is 0 Å². The number of alkyl halides is 1. The molecular weight excluding hydrogens is 492 g/mol. The first-order valence-electron chi connectivity index (χ1n) is 14.2. The summed E-state index contributed by atoms with van der Waals surface area (Å²) < 4.78 is 34.1. The Kier molecular flexibility index (Phi) is 8.51. The fourth-order valence-corrected chi connectivity index (χ4v) is 6.02. The predicted molar refractivity (Wildman–Crippen MR) is 158 cm³/mol. The lowest BCUT2D eigenvalue weighted by molar-refractivity contribution is 0.198. The number of hydrogen-bond acceptors (Lipinski definition) is 4. The molecule has 0 amide bonds. The maximum atomic E-state index is 15.2. The summed E-state index contributed by atoms with van der Waals surface area (Å²) in [6.07, 6.45) is 4.38. The van der Waals surface area contributed by atoms with Crippen LogP contribution in [0.5, 0.6) is 5.75 Å². The van der Waals surface area contributed by atoms with Gasteiger partial charge in [-0.15, -0.1) is 0 Å². The number of allylic oxidation sites excluding steroid dienone is 1. The van der Waals surface area contributed by atoms with Crippen LogP contribution in [0, 0.1) is 12.7 Å². The molecule has 1 atom stereocenters. The topological polar surface area (TPSA) is 50.5 Å². The second kappa shape index (κ2) is 12.2. The van der Waals surface area contributed by atoms with Gasteiger partial charge in [0.2, 0.25) is 0 Å². The smallest absolute Gasteiger partial charge is 0.147 e. The van der Waals surface area contributed by atoms with E-state index < -0.39 is 0 Å². The highest BCUT2D eigenvalue weighted by Crippen LogP contribution is 2.41. The van der Waals surface area contributed by atoms with Crippen LogP contribution in [0.3, 0.4) is 0 Å². The molecule has 1 heterocycles. The van der Waals surface area contributed by atoms with E-state index in [1.54, 1.807) is 6.07 Å². The fourth-order valence-electron chi connectivity index (χ4n) is 6.02. The van der Waals surface area contributed by atoms with Gasteiger partial charge in [0, 0.05) is 31.9 Å². The summed E-state index contributed by atoms with van der Waals surface area (Å²) >= 11 is 0. The zero-order valence-corrected chi connectivity index (χ0v) is 23.0. The van der Waals surface area contributed by atoms with E-state index >= 15 is 4.39 Å². The first-order valence-corrected chi connectivity index (χ1v) is 14.2. The Morgan fingerprint density at radius 1 is 1.05 bits per heavy atom. The monoisotopic (exact) mass is 531 g/mol. The largest absolute Gasteiger partial charge is 0.489 e. The number of nitrogens with zero attached hydrogens (tertiary/aromatic N) is 1. The number of nitrogens with one attached hydrogen (secondary N) is 1. The molecule has 39 heavy (non-hydrogen) atoms. The summed E-state index contributed by atoms with van der Waals surface area (Å²) in [5.74, 6) is 0.614. The van der Waals surface area contributed by atoms with Gasteiger partial charge in [-0.1, -0.05) is 18.2 Å². The van der Waals surface area contributed by atoms with Gasteiger partial charge in [0.15, 0.2) is 0 Å². The molecule has 1 saturated heterocycles. The van der Waals surface area contributed by atoms with E-state index in [9.17, 15) is 4.39 Å². The summed E-state index contributed by atoms with van der Waals surface area (Å²) in [5, 5.41) is 3.16. The molecule has 0 radical (unpaired) electrons. The van der Waals surface area contributed by atoms with Crippen molar-refractivity contribution >= 4 is 22.5 Å². The van der Waals surface area contributed by atoms with Crippen LogP contribution in [-0.2, 0) is 6.42 Å². The highest BCUT2D eigenvalue weighted by atomic mass is 19.1. The molecule has 5 rings (SSSR count). The second-order valence-corrected chi connectivity index (χ2v) is 10.7. The number of aryl methyl sites for hydroxylation is 2. The predicted octanol–water partition coefficient (Wildman–Crippen LogP) is 7.26. The van der Waals surface area contributed by atoms with E-state index in [0.29, 0.717) is 18.7 Å². The summed E-state index contributed by atoms with van der Waals surface area (Å²) in [7, 11) is 0. The molecule has 3 aromatic rings. The summed E-state index contributed by atoms with van der Waals surface area (Å²) in [6.45, 7) is 6.90. The van der Waals surface area contributed by atoms with Crippen molar-refractivity contribution < 1.29 is 13.5 Å². The van der Waals surface area contributed by atoms with Gasteiger partial charge in [-0.3, -0.25) is 9.29 Å². The van der Waals surface area contributed by atoms with E-state index in [0.717, 1.165) is 90.2 Å². The van der Waals surface area contributed by atoms with E-state index in [4.69, 9.17) is 10.5 Å². The van der Waals surface area contributed by atoms with Gasteiger partial charge in [-0.05, 0) is 121 Å². The number of hydrogen-bond donors (Lipinski definition) is 2. The number of fused-ring (bicyclic) bond motifs is 1. The molecule has 1 aliphatic heterocycles. The molecule has 2 aliphatic rings. The molecule has 0 aromatic heterocycles. The van der Waals surface area contributed by atoms with Crippen molar-refractivity contribution in [3.63, 3.8) is 0 Å². The minimum absolute atomic E-state index is 0.119. The van der Waals surface area contributed by atoms with Crippen LogP contribution in [0.2, 0.25) is 0 Å². The van der Waals surface area contributed by atoms with E-state index in [-0.39, 0.29) is 18.6 Å². The number of ether oxygens (including phenoxy) is 1. The van der Waals surface area contributed by atoms with Gasteiger partial charge in [-0.2, -0.15) is 0 Å². The fraction of sp³-hybridized carbons (Fsp3) is 0.394. The average molecular weight is 532 g/mol. The molecule has 6 heteroatoms. The zero-order chi connectivity index (χ0) is 27.4. The normalized spacial score (nSPS) is 17.7. The van der Waals surface area contributed by atoms with Crippen LogP contribution in [0.1, 0.15) is 60.4 Å². The van der Waals surface area contributed by atoms with Crippen molar-refractivity contribution in [2.45, 2.75) is 52.1 Å². The van der Waals surface area contributed by atoms with Crippen molar-refractivity contribution in [2.24, 2.45) is 0 Å². The van der Waals surface area contributed by atoms with Gasteiger partial charge in [0.05, 0.1) is 12.4 Å². The number of halogens is 2. The number of nitrogens with two attached hydrogens (primary N) is 1. The minimum Gasteiger partial charge on any atom is -0.489 e. The first-order chi connectivity index (χ1) is 19.0. The third-order valence-electron chi connectivity index (χ3n) is 7.85. The quantitative estimate of drug-likeness (QED) is 0.286. The number of likely N-dealkylation sites (tertiary alicyclic amines) is 1. The molecular formula is C33H39F2N3O. The first kappa shape index (κ1) is 27.2. The van der Waals surface area contributed by atoms with Gasteiger partial charge >= 0.3 is 0 Å². The number of rotatable bonds is 9.